The van der Waals surface area contributed by atoms with Gasteiger partial charge in [0.25, 0.3) is 0 Å². The molecule has 0 amide bonds. The molecule has 1 aromatic heterocycles. The van der Waals surface area contributed by atoms with Crippen molar-refractivity contribution in [2.75, 3.05) is 20.8 Å². The average molecular weight is 289 g/mol. The molecule has 20 heavy (non-hydrogen) atoms. The van der Waals surface area contributed by atoms with Crippen molar-refractivity contribution >= 4 is 0 Å². The Labute approximate surface area is 119 Å². The zero-order chi connectivity index (χ0) is 13.1. The van der Waals surface area contributed by atoms with Gasteiger partial charge in [-0.15, -0.1) is 0 Å². The van der Waals surface area contributed by atoms with E-state index < -0.39 is 24.6 Å². The van der Waals surface area contributed by atoms with Gasteiger partial charge in [0.05, 0.1) is 6.61 Å². The Morgan fingerprint density at radius 2 is 1.90 bits per heavy atom. The van der Waals surface area contributed by atoms with E-state index in [1.54, 1.807) is 0 Å². The quantitative estimate of drug-likeness (QED) is 0.851. The van der Waals surface area contributed by atoms with Gasteiger partial charge in [0.15, 0.2) is 17.8 Å². The van der Waals surface area contributed by atoms with E-state index in [0.717, 1.165) is 0 Å². The van der Waals surface area contributed by atoms with E-state index >= 15 is 0 Å². The van der Waals surface area contributed by atoms with Crippen molar-refractivity contribution in [1.82, 2.24) is 4.57 Å². The molecule has 0 aromatic carbocycles. The Kier molecular flexibility index (Phi) is 7.63. The van der Waals surface area contributed by atoms with Crippen LogP contribution in [0.1, 0.15) is 21.1 Å². The minimum Gasteiger partial charge on any atom is -0.382 e. The van der Waals surface area contributed by atoms with Crippen LogP contribution in [0.5, 0.6) is 0 Å². The molecule has 4 atom stereocenters. The Hall–Kier alpha value is -1.24. The summed E-state index contributed by atoms with van der Waals surface area (Å²) in [5, 5.41) is 0. The summed E-state index contributed by atoms with van der Waals surface area (Å²) in [6.45, 7) is 0.260. The highest BCUT2D eigenvalue weighted by Crippen LogP contribution is 2.33. The summed E-state index contributed by atoms with van der Waals surface area (Å²) in [5.74, 6) is 0. The van der Waals surface area contributed by atoms with Gasteiger partial charge in [0, 0.05) is 38.7 Å². The molecule has 0 radical (unpaired) electrons. The van der Waals surface area contributed by atoms with Crippen molar-refractivity contribution in [1.29, 1.82) is 0 Å². The summed E-state index contributed by atoms with van der Waals surface area (Å²) < 4.78 is 31.4. The Bertz CT molecular complexity index is 431. The molecular formula is C14H24FNO4. The number of pyridine rings is 1. The first kappa shape index (κ1) is 18.8. The maximum atomic E-state index is 14.2. The van der Waals surface area contributed by atoms with Crippen LogP contribution in [0.2, 0.25) is 0 Å². The largest absolute Gasteiger partial charge is 0.382 e. The van der Waals surface area contributed by atoms with Crippen molar-refractivity contribution in [3.05, 3.63) is 34.7 Å². The molecule has 0 bridgehead atoms. The minimum absolute atomic E-state index is 0. The Morgan fingerprint density at radius 1 is 1.30 bits per heavy atom. The van der Waals surface area contributed by atoms with Gasteiger partial charge in [0.2, 0.25) is 0 Å². The van der Waals surface area contributed by atoms with Crippen LogP contribution in [0.4, 0.5) is 4.39 Å². The zero-order valence-corrected chi connectivity index (χ0v) is 10.3. The fourth-order valence-corrected chi connectivity index (χ4v) is 2.11. The van der Waals surface area contributed by atoms with Gasteiger partial charge in [-0.3, -0.25) is 4.79 Å². The molecule has 2 heterocycles. The van der Waals surface area contributed by atoms with Crippen LogP contribution < -0.4 is 5.43 Å². The highest BCUT2D eigenvalue weighted by molar-refractivity contribution is 4.98. The lowest BCUT2D eigenvalue weighted by molar-refractivity contribution is -0.0613. The van der Waals surface area contributed by atoms with Gasteiger partial charge >= 0.3 is 0 Å². The van der Waals surface area contributed by atoms with Gasteiger partial charge in [0.1, 0.15) is 12.2 Å². The highest BCUT2D eigenvalue weighted by Gasteiger charge is 2.46. The van der Waals surface area contributed by atoms with Crippen LogP contribution in [0.15, 0.2) is 29.3 Å². The van der Waals surface area contributed by atoms with Crippen LogP contribution in [0.3, 0.4) is 0 Å². The molecule has 0 saturated carbocycles. The van der Waals surface area contributed by atoms with Gasteiger partial charge < -0.3 is 18.8 Å². The molecular weight excluding hydrogens is 265 g/mol. The number of hydrogen-bond acceptors (Lipinski definition) is 4. The number of alkyl halides is 1. The van der Waals surface area contributed by atoms with E-state index in [1.165, 1.54) is 43.3 Å². The van der Waals surface area contributed by atoms with E-state index in [-0.39, 0.29) is 26.9 Å². The van der Waals surface area contributed by atoms with E-state index in [0.29, 0.717) is 0 Å². The summed E-state index contributed by atoms with van der Waals surface area (Å²) in [5.41, 5.74) is -0.128. The fraction of sp³-hybridized carbons (Fsp3) is 0.643. The zero-order valence-electron chi connectivity index (χ0n) is 10.3. The van der Waals surface area contributed by atoms with Crippen molar-refractivity contribution in [2.24, 2.45) is 0 Å². The van der Waals surface area contributed by atoms with Crippen LogP contribution in [-0.2, 0) is 14.2 Å². The van der Waals surface area contributed by atoms with E-state index in [1.807, 2.05) is 0 Å². The summed E-state index contributed by atoms with van der Waals surface area (Å²) in [6, 6.07) is 2.73. The monoisotopic (exact) mass is 289 g/mol. The number of methoxy groups -OCH3 is 2. The molecule has 2 rings (SSSR count). The molecule has 0 aliphatic carbocycles. The van der Waals surface area contributed by atoms with E-state index in [9.17, 15) is 9.18 Å². The molecule has 0 N–H and O–H groups in total. The van der Waals surface area contributed by atoms with Crippen molar-refractivity contribution in [3.63, 3.8) is 0 Å². The molecule has 1 fully saturated rings. The second kappa shape index (κ2) is 8.14. The lowest BCUT2D eigenvalue weighted by Gasteiger charge is -2.17. The SMILES string of the molecule is C.C.COC[C@H]1O[C@@H](n2ccc(=O)cc2)[C@H](F)[C@@H]1OC. The highest BCUT2D eigenvalue weighted by atomic mass is 19.1. The summed E-state index contributed by atoms with van der Waals surface area (Å²) >= 11 is 0. The van der Waals surface area contributed by atoms with Crippen molar-refractivity contribution < 1.29 is 18.6 Å². The lowest BCUT2D eigenvalue weighted by Crippen LogP contribution is -2.33. The lowest BCUT2D eigenvalue weighted by atomic mass is 10.1. The third kappa shape index (κ3) is 3.65. The number of hydrogen-bond donors (Lipinski definition) is 0. The Balaban J connectivity index is 0.00000180. The summed E-state index contributed by atoms with van der Waals surface area (Å²) in [7, 11) is 2.97. The van der Waals surface area contributed by atoms with Crippen LogP contribution >= 0.6 is 0 Å². The van der Waals surface area contributed by atoms with Gasteiger partial charge in [-0.05, 0) is 0 Å². The maximum Gasteiger partial charge on any atom is 0.181 e. The third-order valence-corrected chi connectivity index (χ3v) is 2.99. The molecule has 1 aliphatic rings. The molecule has 0 unspecified atom stereocenters. The summed E-state index contributed by atoms with van der Waals surface area (Å²) in [4.78, 5) is 11.0. The molecule has 1 aliphatic heterocycles. The minimum atomic E-state index is -1.31. The van der Waals surface area contributed by atoms with E-state index in [4.69, 9.17) is 14.2 Å². The molecule has 116 valence electrons. The first-order valence-electron chi connectivity index (χ1n) is 5.66. The number of nitrogens with zero attached hydrogens (tertiary/aromatic N) is 1. The number of rotatable bonds is 4. The normalized spacial score (nSPS) is 28.6. The topological polar surface area (TPSA) is 49.7 Å². The van der Waals surface area contributed by atoms with Gasteiger partial charge in [-0.1, -0.05) is 14.9 Å². The van der Waals surface area contributed by atoms with Gasteiger partial charge in [-0.25, -0.2) is 4.39 Å². The molecule has 6 heteroatoms. The van der Waals surface area contributed by atoms with Gasteiger partial charge in [-0.2, -0.15) is 0 Å². The van der Waals surface area contributed by atoms with E-state index in [2.05, 4.69) is 0 Å². The molecule has 5 nitrogen and oxygen atoms in total. The molecule has 0 spiro atoms. The van der Waals surface area contributed by atoms with Crippen LogP contribution in [0.25, 0.3) is 0 Å². The fourth-order valence-electron chi connectivity index (χ4n) is 2.11. The first-order chi connectivity index (χ1) is 8.67. The number of ether oxygens (including phenoxy) is 3. The molecule has 1 saturated heterocycles. The van der Waals surface area contributed by atoms with Crippen molar-refractivity contribution in [3.8, 4) is 0 Å². The first-order valence-corrected chi connectivity index (χ1v) is 5.66. The average Bonchev–Trinajstić information content (AvgIpc) is 2.67. The second-order valence-electron chi connectivity index (χ2n) is 4.15. The standard InChI is InChI=1S/C12H16FNO4.2CH4/c1-16-7-9-11(17-2)10(13)12(18-9)14-5-3-8(15)4-6-14;;/h3-6,9-12H,7H2,1-2H3;2*1H4/t9-,10-,11-,12-;;/m1../s1. The second-order valence-corrected chi connectivity index (χ2v) is 4.15. The third-order valence-electron chi connectivity index (χ3n) is 2.99. The smallest absolute Gasteiger partial charge is 0.181 e. The van der Waals surface area contributed by atoms with Crippen LogP contribution in [-0.4, -0.2) is 43.8 Å². The maximum absolute atomic E-state index is 14.2. The molecule has 1 aromatic rings. The van der Waals surface area contributed by atoms with Crippen molar-refractivity contribution in [2.45, 2.75) is 39.5 Å². The Morgan fingerprint density at radius 3 is 2.40 bits per heavy atom. The summed E-state index contributed by atoms with van der Waals surface area (Å²) in [6.07, 6.45) is -0.231. The predicted molar refractivity (Wildman–Crippen MR) is 75.6 cm³/mol. The number of halogens is 1. The number of aromatic nitrogens is 1. The predicted octanol–water partition coefficient (Wildman–Crippen LogP) is 2.02. The van der Waals surface area contributed by atoms with Crippen LogP contribution in [0, 0.1) is 0 Å².